The fourth-order valence-corrected chi connectivity index (χ4v) is 2.31. The Bertz CT molecular complexity index is 589. The summed E-state index contributed by atoms with van der Waals surface area (Å²) in [4.78, 5) is 10.9. The maximum absolute atomic E-state index is 5.33. The molecular weight excluding hydrogens is 294 g/mol. The number of anilines is 2. The summed E-state index contributed by atoms with van der Waals surface area (Å²) in [6.45, 7) is 5.96. The number of aromatic nitrogens is 4. The van der Waals surface area contributed by atoms with Crippen LogP contribution in [-0.4, -0.2) is 64.5 Å². The SMILES string of the molecule is c1cncc(CNc2cnnc(NCCN3CCOCC3)n2)c1. The highest BCUT2D eigenvalue weighted by Crippen LogP contribution is 2.06. The number of ether oxygens (including phenoxy) is 1. The van der Waals surface area contributed by atoms with Gasteiger partial charge >= 0.3 is 0 Å². The lowest BCUT2D eigenvalue weighted by atomic mass is 10.3. The van der Waals surface area contributed by atoms with Crippen LogP contribution in [-0.2, 0) is 11.3 Å². The number of pyridine rings is 1. The van der Waals surface area contributed by atoms with E-state index in [1.54, 1.807) is 12.4 Å². The summed E-state index contributed by atoms with van der Waals surface area (Å²) in [5.74, 6) is 1.23. The lowest BCUT2D eigenvalue weighted by Crippen LogP contribution is -2.39. The summed E-state index contributed by atoms with van der Waals surface area (Å²) in [5.41, 5.74) is 1.09. The highest BCUT2D eigenvalue weighted by atomic mass is 16.5. The number of nitrogens with zero attached hydrogens (tertiary/aromatic N) is 5. The number of hydrogen-bond donors (Lipinski definition) is 2. The first kappa shape index (κ1) is 15.6. The standard InChI is InChI=1S/C15H21N7O/c1-2-13(10-16-3-1)11-18-14-12-19-21-15(20-14)17-4-5-22-6-8-23-9-7-22/h1-3,10,12H,4-9,11H2,(H2,17,18,20,21). The molecule has 0 radical (unpaired) electrons. The zero-order chi connectivity index (χ0) is 15.7. The van der Waals surface area contributed by atoms with E-state index in [2.05, 4.69) is 35.7 Å². The monoisotopic (exact) mass is 315 g/mol. The van der Waals surface area contributed by atoms with E-state index in [-0.39, 0.29) is 0 Å². The summed E-state index contributed by atoms with van der Waals surface area (Å²) < 4.78 is 5.33. The number of nitrogens with one attached hydrogen (secondary N) is 2. The van der Waals surface area contributed by atoms with E-state index in [4.69, 9.17) is 4.74 Å². The van der Waals surface area contributed by atoms with Gasteiger partial charge in [-0.15, -0.1) is 5.10 Å². The highest BCUT2D eigenvalue weighted by Gasteiger charge is 2.09. The summed E-state index contributed by atoms with van der Waals surface area (Å²) in [7, 11) is 0. The van der Waals surface area contributed by atoms with Crippen molar-refractivity contribution in [2.24, 2.45) is 0 Å². The Morgan fingerprint density at radius 2 is 2.09 bits per heavy atom. The van der Waals surface area contributed by atoms with Gasteiger partial charge in [-0.25, -0.2) is 0 Å². The van der Waals surface area contributed by atoms with Gasteiger partial charge in [0.1, 0.15) is 0 Å². The molecule has 2 aromatic heterocycles. The van der Waals surface area contributed by atoms with E-state index >= 15 is 0 Å². The Hall–Kier alpha value is -2.32. The number of rotatable bonds is 7. The normalized spacial score (nSPS) is 15.3. The highest BCUT2D eigenvalue weighted by molar-refractivity contribution is 5.37. The average molecular weight is 315 g/mol. The van der Waals surface area contributed by atoms with E-state index in [1.165, 1.54) is 0 Å². The Morgan fingerprint density at radius 1 is 1.17 bits per heavy atom. The van der Waals surface area contributed by atoms with Crippen LogP contribution in [0.25, 0.3) is 0 Å². The van der Waals surface area contributed by atoms with Crippen molar-refractivity contribution < 1.29 is 4.74 Å². The van der Waals surface area contributed by atoms with Gasteiger partial charge in [0.2, 0.25) is 5.95 Å². The Kier molecular flexibility index (Phi) is 5.65. The molecule has 0 bridgehead atoms. The van der Waals surface area contributed by atoms with Gasteiger partial charge in [0.25, 0.3) is 0 Å². The van der Waals surface area contributed by atoms with Gasteiger partial charge < -0.3 is 15.4 Å². The molecule has 1 saturated heterocycles. The van der Waals surface area contributed by atoms with Crippen molar-refractivity contribution in [2.45, 2.75) is 6.54 Å². The predicted octanol–water partition coefficient (Wildman–Crippen LogP) is 0.623. The van der Waals surface area contributed by atoms with Crippen LogP contribution >= 0.6 is 0 Å². The number of morpholine rings is 1. The van der Waals surface area contributed by atoms with Crippen LogP contribution in [0.2, 0.25) is 0 Å². The minimum atomic E-state index is 0.537. The fourth-order valence-electron chi connectivity index (χ4n) is 2.31. The first-order valence-electron chi connectivity index (χ1n) is 7.76. The van der Waals surface area contributed by atoms with Crippen LogP contribution in [0.4, 0.5) is 11.8 Å². The van der Waals surface area contributed by atoms with Crippen LogP contribution in [0.15, 0.2) is 30.7 Å². The van der Waals surface area contributed by atoms with Gasteiger partial charge in [0.05, 0.1) is 19.4 Å². The van der Waals surface area contributed by atoms with Crippen molar-refractivity contribution in [2.75, 3.05) is 50.0 Å². The van der Waals surface area contributed by atoms with Crippen molar-refractivity contribution >= 4 is 11.8 Å². The van der Waals surface area contributed by atoms with Crippen LogP contribution in [0.5, 0.6) is 0 Å². The Labute approximate surface area is 135 Å². The Morgan fingerprint density at radius 3 is 2.91 bits per heavy atom. The van der Waals surface area contributed by atoms with Crippen molar-refractivity contribution in [1.82, 2.24) is 25.1 Å². The van der Waals surface area contributed by atoms with E-state index in [0.29, 0.717) is 18.3 Å². The van der Waals surface area contributed by atoms with Gasteiger partial charge in [-0.05, 0) is 11.6 Å². The molecule has 3 rings (SSSR count). The van der Waals surface area contributed by atoms with Crippen LogP contribution in [0, 0.1) is 0 Å². The second-order valence-electron chi connectivity index (χ2n) is 5.26. The zero-order valence-corrected chi connectivity index (χ0v) is 13.0. The third-order valence-corrected chi connectivity index (χ3v) is 3.57. The minimum Gasteiger partial charge on any atom is -0.379 e. The summed E-state index contributed by atoms with van der Waals surface area (Å²) in [6.07, 6.45) is 5.19. The number of hydrogen-bond acceptors (Lipinski definition) is 8. The lowest BCUT2D eigenvalue weighted by Gasteiger charge is -2.26. The molecule has 1 fully saturated rings. The second-order valence-corrected chi connectivity index (χ2v) is 5.26. The van der Waals surface area contributed by atoms with Gasteiger partial charge in [0.15, 0.2) is 5.82 Å². The molecule has 1 aliphatic rings. The molecule has 8 heteroatoms. The Balaban J connectivity index is 1.45. The smallest absolute Gasteiger partial charge is 0.244 e. The molecule has 0 aromatic carbocycles. The van der Waals surface area contributed by atoms with Crippen LogP contribution < -0.4 is 10.6 Å². The third kappa shape index (κ3) is 5.11. The second kappa shape index (κ2) is 8.35. The van der Waals surface area contributed by atoms with Crippen molar-refractivity contribution in [3.8, 4) is 0 Å². The zero-order valence-electron chi connectivity index (χ0n) is 13.0. The van der Waals surface area contributed by atoms with Gasteiger partial charge in [-0.3, -0.25) is 9.88 Å². The molecule has 0 aliphatic carbocycles. The molecule has 0 amide bonds. The van der Waals surface area contributed by atoms with Crippen molar-refractivity contribution in [3.05, 3.63) is 36.3 Å². The quantitative estimate of drug-likeness (QED) is 0.769. The molecule has 1 aliphatic heterocycles. The molecule has 0 spiro atoms. The molecule has 23 heavy (non-hydrogen) atoms. The van der Waals surface area contributed by atoms with E-state index in [9.17, 15) is 0 Å². The fraction of sp³-hybridized carbons (Fsp3) is 0.467. The molecule has 3 heterocycles. The van der Waals surface area contributed by atoms with E-state index in [1.807, 2.05) is 18.3 Å². The third-order valence-electron chi connectivity index (χ3n) is 3.57. The van der Waals surface area contributed by atoms with Gasteiger partial charge in [-0.1, -0.05) is 6.07 Å². The first-order valence-corrected chi connectivity index (χ1v) is 7.76. The predicted molar refractivity (Wildman–Crippen MR) is 87.1 cm³/mol. The minimum absolute atomic E-state index is 0.537. The lowest BCUT2D eigenvalue weighted by molar-refractivity contribution is 0.0398. The van der Waals surface area contributed by atoms with E-state index in [0.717, 1.165) is 45.0 Å². The van der Waals surface area contributed by atoms with Gasteiger partial charge in [0, 0.05) is 45.1 Å². The molecule has 122 valence electrons. The molecule has 2 N–H and O–H groups in total. The average Bonchev–Trinajstić information content (AvgIpc) is 2.62. The van der Waals surface area contributed by atoms with Crippen molar-refractivity contribution in [1.29, 1.82) is 0 Å². The molecule has 0 saturated carbocycles. The molecular formula is C15H21N7O. The summed E-state index contributed by atoms with van der Waals surface area (Å²) in [5, 5.41) is 14.4. The van der Waals surface area contributed by atoms with Crippen LogP contribution in [0.3, 0.4) is 0 Å². The molecule has 8 nitrogen and oxygen atoms in total. The maximum Gasteiger partial charge on any atom is 0.244 e. The van der Waals surface area contributed by atoms with Gasteiger partial charge in [-0.2, -0.15) is 10.1 Å². The molecule has 2 aromatic rings. The van der Waals surface area contributed by atoms with Crippen molar-refractivity contribution in [3.63, 3.8) is 0 Å². The molecule has 0 atom stereocenters. The largest absolute Gasteiger partial charge is 0.379 e. The van der Waals surface area contributed by atoms with E-state index < -0.39 is 0 Å². The maximum atomic E-state index is 5.33. The topological polar surface area (TPSA) is 88.1 Å². The van der Waals surface area contributed by atoms with Crippen LogP contribution in [0.1, 0.15) is 5.56 Å². The first-order chi connectivity index (χ1) is 11.4. The summed E-state index contributed by atoms with van der Waals surface area (Å²) in [6, 6.07) is 3.92. The summed E-state index contributed by atoms with van der Waals surface area (Å²) >= 11 is 0. The molecule has 0 unspecified atom stereocenters.